The zero-order valence-corrected chi connectivity index (χ0v) is 12.7. The summed E-state index contributed by atoms with van der Waals surface area (Å²) in [5.41, 5.74) is 0.682. The fourth-order valence-electron chi connectivity index (χ4n) is 2.08. The molecule has 3 rings (SSSR count). The molecule has 0 saturated carbocycles. The molecule has 21 heavy (non-hydrogen) atoms. The number of furan rings is 1. The van der Waals surface area contributed by atoms with E-state index in [1.807, 2.05) is 60.7 Å². The Labute approximate surface area is 126 Å². The van der Waals surface area contributed by atoms with Crippen LogP contribution in [0.25, 0.3) is 0 Å². The summed E-state index contributed by atoms with van der Waals surface area (Å²) in [7, 11) is -0.890. The quantitative estimate of drug-likeness (QED) is 0.548. The lowest BCUT2D eigenvalue weighted by Gasteiger charge is -2.16. The van der Waals surface area contributed by atoms with Gasteiger partial charge >= 0.3 is 0 Å². The normalized spacial score (nSPS) is 12.5. The summed E-state index contributed by atoms with van der Waals surface area (Å²) in [6.07, 6.45) is 0. The maximum absolute atomic E-state index is 11.0. The summed E-state index contributed by atoms with van der Waals surface area (Å²) in [6.45, 7) is 0. The van der Waals surface area contributed by atoms with E-state index in [1.54, 1.807) is 6.07 Å². The first-order valence-corrected chi connectivity index (χ1v) is 8.77. The first-order chi connectivity index (χ1) is 10.3. The van der Waals surface area contributed by atoms with E-state index in [4.69, 9.17) is 4.42 Å². The van der Waals surface area contributed by atoms with E-state index >= 15 is 0 Å². The minimum Gasteiger partial charge on any atom is -0.766 e. The van der Waals surface area contributed by atoms with Gasteiger partial charge in [-0.15, -0.1) is 0 Å². The van der Waals surface area contributed by atoms with Gasteiger partial charge in [0.2, 0.25) is 0 Å². The maximum atomic E-state index is 11.0. The third kappa shape index (κ3) is 3.13. The van der Waals surface area contributed by atoms with E-state index < -0.39 is 19.0 Å². The van der Waals surface area contributed by atoms with Crippen molar-refractivity contribution in [3.63, 3.8) is 0 Å². The van der Waals surface area contributed by atoms with Gasteiger partial charge in [-0.1, -0.05) is 60.7 Å². The Balaban J connectivity index is 2.10. The average Bonchev–Trinajstić information content (AvgIpc) is 3.00. The highest BCUT2D eigenvalue weighted by atomic mass is 32.2. The van der Waals surface area contributed by atoms with Gasteiger partial charge in [0, 0.05) is 19.0 Å². The van der Waals surface area contributed by atoms with Crippen LogP contribution in [0.1, 0.15) is 0 Å². The minimum absolute atomic E-state index is 0.0237. The molecule has 0 aliphatic rings. The number of rotatable bonds is 4. The molecule has 2 aromatic carbocycles. The molecule has 0 fully saturated rings. The SMILES string of the molecule is O=S([O-])c1ccc(P(c2ccccc2)c2ccccc2)o1. The van der Waals surface area contributed by atoms with Gasteiger partial charge in [-0.3, -0.25) is 4.21 Å². The van der Waals surface area contributed by atoms with E-state index in [0.717, 1.165) is 10.6 Å². The smallest absolute Gasteiger partial charge is 0.177 e. The molecule has 0 amide bonds. The van der Waals surface area contributed by atoms with Crippen LogP contribution in [0, 0.1) is 0 Å². The standard InChI is InChI=1S/C16H13O3PS/c17-21(18)16-12-11-15(19-16)20(13-7-3-1-4-8-13)14-9-5-2-6-10-14/h1-12H,(H,17,18)/p-1. The molecule has 0 radical (unpaired) electrons. The summed E-state index contributed by atoms with van der Waals surface area (Å²) in [5, 5.41) is 2.22. The molecule has 0 saturated heterocycles. The maximum Gasteiger partial charge on any atom is 0.177 e. The van der Waals surface area contributed by atoms with E-state index in [9.17, 15) is 8.76 Å². The second-order valence-corrected chi connectivity index (χ2v) is 7.35. The molecule has 3 aromatic rings. The highest BCUT2D eigenvalue weighted by molar-refractivity contribution is 7.80. The summed E-state index contributed by atoms with van der Waals surface area (Å²) < 4.78 is 27.6. The van der Waals surface area contributed by atoms with Crippen LogP contribution in [0.15, 0.2) is 82.3 Å². The van der Waals surface area contributed by atoms with Gasteiger partial charge in [0.15, 0.2) is 5.09 Å². The van der Waals surface area contributed by atoms with Crippen LogP contribution in [0.4, 0.5) is 0 Å². The molecule has 0 spiro atoms. The van der Waals surface area contributed by atoms with Crippen molar-refractivity contribution in [2.75, 3.05) is 0 Å². The topological polar surface area (TPSA) is 53.3 Å². The molecular weight excluding hydrogens is 303 g/mol. The second kappa shape index (κ2) is 6.35. The fraction of sp³-hybridized carbons (Fsp3) is 0. The Kier molecular flexibility index (Phi) is 4.30. The predicted molar refractivity (Wildman–Crippen MR) is 84.6 cm³/mol. The number of hydrogen-bond donors (Lipinski definition) is 0. The van der Waals surface area contributed by atoms with Crippen LogP contribution in [0.2, 0.25) is 0 Å². The van der Waals surface area contributed by atoms with Crippen LogP contribution in [0.3, 0.4) is 0 Å². The zero-order valence-electron chi connectivity index (χ0n) is 11.0. The molecule has 1 unspecified atom stereocenters. The fourth-order valence-corrected chi connectivity index (χ4v) is 4.64. The van der Waals surface area contributed by atoms with Gasteiger partial charge in [-0.25, -0.2) is 0 Å². The Morgan fingerprint density at radius 1 is 0.810 bits per heavy atom. The Bertz CT molecular complexity index is 701. The van der Waals surface area contributed by atoms with Crippen molar-refractivity contribution in [1.82, 2.24) is 0 Å². The van der Waals surface area contributed by atoms with Crippen LogP contribution < -0.4 is 16.1 Å². The predicted octanol–water partition coefficient (Wildman–Crippen LogP) is 2.28. The highest BCUT2D eigenvalue weighted by Crippen LogP contribution is 2.33. The summed E-state index contributed by atoms with van der Waals surface area (Å²) >= 11 is -2.34. The molecule has 0 aliphatic heterocycles. The lowest BCUT2D eigenvalue weighted by atomic mass is 10.4. The molecule has 0 bridgehead atoms. The van der Waals surface area contributed by atoms with Crippen molar-refractivity contribution in [3.05, 3.63) is 72.8 Å². The van der Waals surface area contributed by atoms with E-state index in [-0.39, 0.29) is 5.09 Å². The van der Waals surface area contributed by atoms with Crippen LogP contribution >= 0.6 is 7.92 Å². The molecule has 3 nitrogen and oxygen atoms in total. The van der Waals surface area contributed by atoms with Crippen LogP contribution in [-0.4, -0.2) is 8.76 Å². The molecular formula is C16H12O3PS-. The van der Waals surface area contributed by atoms with Gasteiger partial charge in [0.25, 0.3) is 0 Å². The average molecular weight is 315 g/mol. The lowest BCUT2D eigenvalue weighted by Crippen LogP contribution is -2.19. The number of hydrogen-bond acceptors (Lipinski definition) is 3. The van der Waals surface area contributed by atoms with Gasteiger partial charge in [0.05, 0.1) is 0 Å². The molecule has 0 N–H and O–H groups in total. The summed E-state index contributed by atoms with van der Waals surface area (Å²) in [5.74, 6) is 0. The van der Waals surface area contributed by atoms with Gasteiger partial charge in [-0.05, 0) is 22.7 Å². The van der Waals surface area contributed by atoms with Gasteiger partial charge in [0.1, 0.15) is 5.50 Å². The summed E-state index contributed by atoms with van der Waals surface area (Å²) in [4.78, 5) is 0. The van der Waals surface area contributed by atoms with Crippen molar-refractivity contribution in [2.24, 2.45) is 0 Å². The molecule has 106 valence electrons. The highest BCUT2D eigenvalue weighted by Gasteiger charge is 2.19. The monoisotopic (exact) mass is 315 g/mol. The summed E-state index contributed by atoms with van der Waals surface area (Å²) in [6, 6.07) is 23.2. The minimum atomic E-state index is -2.34. The van der Waals surface area contributed by atoms with Crippen molar-refractivity contribution >= 4 is 35.1 Å². The van der Waals surface area contributed by atoms with Crippen LogP contribution in [-0.2, 0) is 11.1 Å². The molecule has 1 heterocycles. The lowest BCUT2D eigenvalue weighted by molar-refractivity contribution is 0.453. The van der Waals surface area contributed by atoms with E-state index in [0.29, 0.717) is 5.50 Å². The Morgan fingerprint density at radius 2 is 1.33 bits per heavy atom. The molecule has 1 aromatic heterocycles. The van der Waals surface area contributed by atoms with Crippen LogP contribution in [0.5, 0.6) is 0 Å². The second-order valence-electron chi connectivity index (χ2n) is 4.33. The first kappa shape index (κ1) is 14.2. The molecule has 1 atom stereocenters. The zero-order chi connectivity index (χ0) is 14.7. The van der Waals surface area contributed by atoms with Gasteiger partial charge in [-0.2, -0.15) is 0 Å². The Morgan fingerprint density at radius 3 is 1.76 bits per heavy atom. The third-order valence-corrected chi connectivity index (χ3v) is 5.84. The molecule has 5 heteroatoms. The van der Waals surface area contributed by atoms with E-state index in [2.05, 4.69) is 0 Å². The van der Waals surface area contributed by atoms with Crippen molar-refractivity contribution in [1.29, 1.82) is 0 Å². The van der Waals surface area contributed by atoms with Crippen molar-refractivity contribution < 1.29 is 13.2 Å². The van der Waals surface area contributed by atoms with Gasteiger partial charge < -0.3 is 8.97 Å². The number of benzene rings is 2. The van der Waals surface area contributed by atoms with E-state index in [1.165, 1.54) is 6.07 Å². The third-order valence-electron chi connectivity index (χ3n) is 2.98. The van der Waals surface area contributed by atoms with Crippen molar-refractivity contribution in [3.8, 4) is 0 Å². The molecule has 0 aliphatic carbocycles. The van der Waals surface area contributed by atoms with Crippen molar-refractivity contribution in [2.45, 2.75) is 5.09 Å². The largest absolute Gasteiger partial charge is 0.766 e. The first-order valence-electron chi connectivity index (χ1n) is 6.35. The Hall–Kier alpha value is -1.74.